The van der Waals surface area contributed by atoms with Crippen LogP contribution >= 0.6 is 11.3 Å². The monoisotopic (exact) mass is 290 g/mol. The molecule has 0 bridgehead atoms. The Labute approximate surface area is 122 Å². The van der Waals surface area contributed by atoms with Gasteiger partial charge in [0.25, 0.3) is 0 Å². The molecule has 1 aliphatic heterocycles. The first-order valence-electron chi connectivity index (χ1n) is 7.02. The number of aliphatic hydroxyl groups is 1. The number of para-hydroxylation sites is 1. The summed E-state index contributed by atoms with van der Waals surface area (Å²) in [5.74, 6) is 0.155. The average molecular weight is 290 g/mol. The third kappa shape index (κ3) is 2.99. The number of likely N-dealkylation sites (tertiary alicyclic amines) is 1. The van der Waals surface area contributed by atoms with Crippen molar-refractivity contribution in [2.24, 2.45) is 0 Å². The van der Waals surface area contributed by atoms with Crippen LogP contribution in [-0.4, -0.2) is 40.1 Å². The number of benzene rings is 1. The number of fused-ring (bicyclic) bond motifs is 1. The molecule has 1 aromatic heterocycles. The molecular formula is C15H18N2O2S. The third-order valence-electron chi connectivity index (χ3n) is 3.64. The summed E-state index contributed by atoms with van der Waals surface area (Å²) in [6.07, 6.45) is 2.60. The van der Waals surface area contributed by atoms with Crippen LogP contribution in [0.25, 0.3) is 10.2 Å². The molecule has 106 valence electrons. The minimum atomic E-state index is -0.330. The molecular weight excluding hydrogens is 272 g/mol. The van der Waals surface area contributed by atoms with Crippen LogP contribution < -0.4 is 0 Å². The number of amides is 1. The average Bonchev–Trinajstić information content (AvgIpc) is 3.04. The highest BCUT2D eigenvalue weighted by molar-refractivity contribution is 7.18. The lowest BCUT2D eigenvalue weighted by Crippen LogP contribution is -2.29. The van der Waals surface area contributed by atoms with Crippen molar-refractivity contribution in [3.8, 4) is 0 Å². The predicted molar refractivity (Wildman–Crippen MR) is 79.8 cm³/mol. The highest BCUT2D eigenvalue weighted by atomic mass is 32.1. The Hall–Kier alpha value is -1.46. The van der Waals surface area contributed by atoms with Gasteiger partial charge < -0.3 is 10.0 Å². The molecule has 0 spiro atoms. The Kier molecular flexibility index (Phi) is 3.98. The van der Waals surface area contributed by atoms with Gasteiger partial charge >= 0.3 is 0 Å². The van der Waals surface area contributed by atoms with E-state index in [1.807, 2.05) is 18.2 Å². The fourth-order valence-electron chi connectivity index (χ4n) is 2.54. The third-order valence-corrected chi connectivity index (χ3v) is 4.73. The Bertz CT molecular complexity index is 578. The number of thiazole rings is 1. The zero-order valence-corrected chi connectivity index (χ0v) is 12.1. The quantitative estimate of drug-likeness (QED) is 0.939. The number of carbonyl (C=O) groups excluding carboxylic acids is 1. The molecule has 5 heteroatoms. The number of aromatic nitrogens is 1. The molecule has 0 unspecified atom stereocenters. The van der Waals surface area contributed by atoms with E-state index in [-0.39, 0.29) is 12.0 Å². The Morgan fingerprint density at radius 3 is 3.05 bits per heavy atom. The molecule has 3 rings (SSSR count). The summed E-state index contributed by atoms with van der Waals surface area (Å²) < 4.78 is 1.21. The number of rotatable bonds is 4. The zero-order valence-electron chi connectivity index (χ0n) is 11.3. The van der Waals surface area contributed by atoms with E-state index in [1.165, 1.54) is 4.70 Å². The van der Waals surface area contributed by atoms with Crippen LogP contribution in [0.5, 0.6) is 0 Å². The highest BCUT2D eigenvalue weighted by Crippen LogP contribution is 2.23. The molecule has 1 aliphatic rings. The van der Waals surface area contributed by atoms with Gasteiger partial charge in [0.05, 0.1) is 21.3 Å². The van der Waals surface area contributed by atoms with Crippen molar-refractivity contribution < 1.29 is 9.90 Å². The molecule has 2 aromatic rings. The van der Waals surface area contributed by atoms with Crippen LogP contribution in [0.15, 0.2) is 24.3 Å². The summed E-state index contributed by atoms with van der Waals surface area (Å²) in [6, 6.07) is 8.11. The first-order valence-corrected chi connectivity index (χ1v) is 7.84. The van der Waals surface area contributed by atoms with E-state index in [0.717, 1.165) is 23.4 Å². The predicted octanol–water partition coefficient (Wildman–Crippen LogP) is 2.21. The van der Waals surface area contributed by atoms with Crippen LogP contribution in [0, 0.1) is 0 Å². The van der Waals surface area contributed by atoms with E-state index in [4.69, 9.17) is 0 Å². The van der Waals surface area contributed by atoms with Gasteiger partial charge in [-0.2, -0.15) is 0 Å². The number of nitrogens with zero attached hydrogens (tertiary/aromatic N) is 2. The summed E-state index contributed by atoms with van der Waals surface area (Å²) in [4.78, 5) is 18.3. The number of carbonyl (C=O) groups is 1. The van der Waals surface area contributed by atoms with Crippen molar-refractivity contribution in [3.63, 3.8) is 0 Å². The van der Waals surface area contributed by atoms with Crippen molar-refractivity contribution in [2.75, 3.05) is 13.1 Å². The number of aryl methyl sites for hydroxylation is 1. The summed E-state index contributed by atoms with van der Waals surface area (Å²) >= 11 is 1.71. The van der Waals surface area contributed by atoms with Gasteiger partial charge in [0.2, 0.25) is 5.91 Å². The van der Waals surface area contributed by atoms with Crippen molar-refractivity contribution in [2.45, 2.75) is 31.8 Å². The molecule has 2 heterocycles. The maximum Gasteiger partial charge on any atom is 0.222 e. The summed E-state index contributed by atoms with van der Waals surface area (Å²) in [6.45, 7) is 1.20. The Morgan fingerprint density at radius 1 is 1.45 bits per heavy atom. The molecule has 1 aromatic carbocycles. The maximum atomic E-state index is 12.0. The van der Waals surface area contributed by atoms with E-state index in [9.17, 15) is 9.90 Å². The topological polar surface area (TPSA) is 53.4 Å². The lowest BCUT2D eigenvalue weighted by atomic mass is 10.2. The molecule has 1 N–H and O–H groups in total. The second kappa shape index (κ2) is 5.89. The Balaban J connectivity index is 1.51. The largest absolute Gasteiger partial charge is 0.391 e. The summed E-state index contributed by atoms with van der Waals surface area (Å²) in [5.41, 5.74) is 1.04. The van der Waals surface area contributed by atoms with E-state index in [0.29, 0.717) is 25.9 Å². The molecule has 1 fully saturated rings. The lowest BCUT2D eigenvalue weighted by molar-refractivity contribution is -0.130. The fourth-order valence-corrected chi connectivity index (χ4v) is 3.55. The fraction of sp³-hybridized carbons (Fsp3) is 0.467. The number of aliphatic hydroxyl groups excluding tert-OH is 1. The van der Waals surface area contributed by atoms with Gasteiger partial charge in [-0.15, -0.1) is 11.3 Å². The molecule has 0 aliphatic carbocycles. The van der Waals surface area contributed by atoms with E-state index < -0.39 is 0 Å². The Morgan fingerprint density at radius 2 is 2.30 bits per heavy atom. The number of β-amino-alcohol motifs (C(OH)–C–C–N with tert-alkyl or cyclic N) is 1. The van der Waals surface area contributed by atoms with Crippen LogP contribution in [0.4, 0.5) is 0 Å². The normalized spacial score (nSPS) is 18.9. The molecule has 0 saturated carbocycles. The van der Waals surface area contributed by atoms with Gasteiger partial charge in [0.15, 0.2) is 0 Å². The van der Waals surface area contributed by atoms with Gasteiger partial charge in [-0.25, -0.2) is 4.98 Å². The van der Waals surface area contributed by atoms with Crippen molar-refractivity contribution in [3.05, 3.63) is 29.3 Å². The van der Waals surface area contributed by atoms with Gasteiger partial charge in [0.1, 0.15) is 0 Å². The minimum Gasteiger partial charge on any atom is -0.391 e. The maximum absolute atomic E-state index is 12.0. The first-order chi connectivity index (χ1) is 9.72. The molecule has 4 nitrogen and oxygen atoms in total. The zero-order chi connectivity index (χ0) is 13.9. The summed E-state index contributed by atoms with van der Waals surface area (Å²) in [7, 11) is 0. The first kappa shape index (κ1) is 13.5. The molecule has 1 amide bonds. The van der Waals surface area contributed by atoms with Crippen molar-refractivity contribution in [1.82, 2.24) is 9.88 Å². The van der Waals surface area contributed by atoms with Crippen LogP contribution in [0.3, 0.4) is 0 Å². The standard InChI is InChI=1S/C15H18N2O2S/c18-11-8-9-17(10-11)15(19)7-3-6-14-16-12-4-1-2-5-13(12)20-14/h1-2,4-5,11,18H,3,6-10H2/t11-/m1/s1. The summed E-state index contributed by atoms with van der Waals surface area (Å²) in [5, 5.41) is 10.5. The van der Waals surface area contributed by atoms with Gasteiger partial charge in [-0.05, 0) is 31.4 Å². The van der Waals surface area contributed by atoms with Crippen LogP contribution in [0.2, 0.25) is 0 Å². The van der Waals surface area contributed by atoms with Crippen molar-refractivity contribution in [1.29, 1.82) is 0 Å². The second-order valence-corrected chi connectivity index (χ2v) is 6.33. The van der Waals surface area contributed by atoms with Gasteiger partial charge in [-0.3, -0.25) is 4.79 Å². The lowest BCUT2D eigenvalue weighted by Gasteiger charge is -2.14. The van der Waals surface area contributed by atoms with E-state index in [2.05, 4.69) is 11.1 Å². The second-order valence-electron chi connectivity index (χ2n) is 5.21. The smallest absolute Gasteiger partial charge is 0.222 e. The molecule has 0 radical (unpaired) electrons. The number of hydrogen-bond donors (Lipinski definition) is 1. The minimum absolute atomic E-state index is 0.155. The molecule has 1 saturated heterocycles. The van der Waals surface area contributed by atoms with Gasteiger partial charge in [-0.1, -0.05) is 12.1 Å². The van der Waals surface area contributed by atoms with Crippen LogP contribution in [-0.2, 0) is 11.2 Å². The highest BCUT2D eigenvalue weighted by Gasteiger charge is 2.23. The van der Waals surface area contributed by atoms with E-state index in [1.54, 1.807) is 16.2 Å². The van der Waals surface area contributed by atoms with Crippen molar-refractivity contribution >= 4 is 27.5 Å². The van der Waals surface area contributed by atoms with E-state index >= 15 is 0 Å². The van der Waals surface area contributed by atoms with Crippen LogP contribution in [0.1, 0.15) is 24.3 Å². The molecule has 20 heavy (non-hydrogen) atoms. The SMILES string of the molecule is O=C(CCCc1nc2ccccc2s1)N1CC[C@@H](O)C1. The van der Waals surface area contributed by atoms with Gasteiger partial charge in [0, 0.05) is 19.5 Å². The molecule has 1 atom stereocenters. The number of hydrogen-bond acceptors (Lipinski definition) is 4.